The number of nitrogens with zero attached hydrogens (tertiary/aromatic N) is 2. The summed E-state index contributed by atoms with van der Waals surface area (Å²) in [4.78, 5) is 15.7. The monoisotopic (exact) mass is 259 g/mol. The van der Waals surface area contributed by atoms with Gasteiger partial charge in [-0.2, -0.15) is 0 Å². The molecule has 1 atom stereocenters. The van der Waals surface area contributed by atoms with Gasteiger partial charge in [0.05, 0.1) is 12.4 Å². The summed E-state index contributed by atoms with van der Waals surface area (Å²) in [5.41, 5.74) is 1.06. The molecule has 1 N–H and O–H groups in total. The van der Waals surface area contributed by atoms with E-state index in [1.54, 1.807) is 12.5 Å². The SMILES string of the molecule is COCC(=O)N[C@@H](Cn1ccnc1)c1ccccc1. The first kappa shape index (κ1) is 13.3. The van der Waals surface area contributed by atoms with Crippen LogP contribution in [-0.4, -0.2) is 29.2 Å². The molecule has 5 heteroatoms. The number of methoxy groups -OCH3 is 1. The number of hydrogen-bond donors (Lipinski definition) is 1. The normalized spacial score (nSPS) is 12.1. The third-order valence-electron chi connectivity index (χ3n) is 2.77. The highest BCUT2D eigenvalue weighted by atomic mass is 16.5. The standard InChI is InChI=1S/C14H17N3O2/c1-19-10-14(18)16-13(9-17-8-7-15-11-17)12-5-3-2-4-6-12/h2-8,11,13H,9-10H2,1H3,(H,16,18)/t13-/m0/s1. The van der Waals surface area contributed by atoms with Crippen molar-refractivity contribution >= 4 is 5.91 Å². The van der Waals surface area contributed by atoms with Crippen LogP contribution in [0, 0.1) is 0 Å². The minimum Gasteiger partial charge on any atom is -0.375 e. The van der Waals surface area contributed by atoms with Gasteiger partial charge in [0.15, 0.2) is 0 Å². The van der Waals surface area contributed by atoms with Crippen molar-refractivity contribution < 1.29 is 9.53 Å². The zero-order valence-corrected chi connectivity index (χ0v) is 10.8. The van der Waals surface area contributed by atoms with E-state index in [9.17, 15) is 4.79 Å². The van der Waals surface area contributed by atoms with Crippen molar-refractivity contribution in [3.05, 3.63) is 54.6 Å². The van der Waals surface area contributed by atoms with Crippen molar-refractivity contribution in [2.75, 3.05) is 13.7 Å². The average Bonchev–Trinajstić information content (AvgIpc) is 2.92. The Morgan fingerprint density at radius 1 is 1.42 bits per heavy atom. The van der Waals surface area contributed by atoms with Crippen LogP contribution in [0.25, 0.3) is 0 Å². The largest absolute Gasteiger partial charge is 0.375 e. The molecule has 1 amide bonds. The van der Waals surface area contributed by atoms with E-state index < -0.39 is 0 Å². The van der Waals surface area contributed by atoms with Crippen LogP contribution >= 0.6 is 0 Å². The quantitative estimate of drug-likeness (QED) is 0.853. The van der Waals surface area contributed by atoms with Gasteiger partial charge in [-0.05, 0) is 5.56 Å². The molecule has 100 valence electrons. The Labute approximate surface area is 112 Å². The molecule has 0 aliphatic heterocycles. The summed E-state index contributed by atoms with van der Waals surface area (Å²) in [6.45, 7) is 0.701. The van der Waals surface area contributed by atoms with Gasteiger partial charge in [0, 0.05) is 26.0 Å². The number of carbonyl (C=O) groups excluding carboxylic acids is 1. The fraction of sp³-hybridized carbons (Fsp3) is 0.286. The van der Waals surface area contributed by atoms with Crippen molar-refractivity contribution in [2.45, 2.75) is 12.6 Å². The van der Waals surface area contributed by atoms with Gasteiger partial charge in [-0.1, -0.05) is 30.3 Å². The third kappa shape index (κ3) is 3.93. The molecular weight excluding hydrogens is 242 g/mol. The number of rotatable bonds is 6. The molecule has 2 aromatic rings. The number of amides is 1. The van der Waals surface area contributed by atoms with E-state index >= 15 is 0 Å². The topological polar surface area (TPSA) is 56.1 Å². The van der Waals surface area contributed by atoms with E-state index in [0.717, 1.165) is 5.56 Å². The Balaban J connectivity index is 2.11. The molecule has 19 heavy (non-hydrogen) atoms. The summed E-state index contributed by atoms with van der Waals surface area (Å²) in [5, 5.41) is 2.96. The van der Waals surface area contributed by atoms with Crippen LogP contribution in [0.3, 0.4) is 0 Å². The van der Waals surface area contributed by atoms with E-state index in [2.05, 4.69) is 10.3 Å². The molecule has 0 spiro atoms. The van der Waals surface area contributed by atoms with Gasteiger partial charge in [0.2, 0.25) is 5.91 Å². The highest BCUT2D eigenvalue weighted by Crippen LogP contribution is 2.14. The molecule has 0 bridgehead atoms. The molecule has 0 saturated carbocycles. The van der Waals surface area contributed by atoms with Crippen LogP contribution in [0.2, 0.25) is 0 Å². The highest BCUT2D eigenvalue weighted by molar-refractivity contribution is 5.77. The van der Waals surface area contributed by atoms with Crippen LogP contribution in [0.4, 0.5) is 0 Å². The van der Waals surface area contributed by atoms with Crippen molar-refractivity contribution in [3.63, 3.8) is 0 Å². The fourth-order valence-electron chi connectivity index (χ4n) is 1.89. The molecule has 0 fully saturated rings. The number of benzene rings is 1. The third-order valence-corrected chi connectivity index (χ3v) is 2.77. The summed E-state index contributed by atoms with van der Waals surface area (Å²) >= 11 is 0. The molecule has 2 rings (SSSR count). The molecule has 0 saturated heterocycles. The summed E-state index contributed by atoms with van der Waals surface area (Å²) in [7, 11) is 1.51. The lowest BCUT2D eigenvalue weighted by Crippen LogP contribution is -2.33. The van der Waals surface area contributed by atoms with Gasteiger partial charge in [0.1, 0.15) is 6.61 Å². The Morgan fingerprint density at radius 3 is 2.84 bits per heavy atom. The fourth-order valence-corrected chi connectivity index (χ4v) is 1.89. The van der Waals surface area contributed by atoms with Crippen LogP contribution in [0.1, 0.15) is 11.6 Å². The van der Waals surface area contributed by atoms with Gasteiger partial charge in [-0.25, -0.2) is 4.98 Å². The summed E-state index contributed by atoms with van der Waals surface area (Å²) in [5.74, 6) is -0.128. The molecule has 0 aliphatic carbocycles. The molecule has 1 aromatic carbocycles. The van der Waals surface area contributed by atoms with Crippen molar-refractivity contribution in [1.82, 2.24) is 14.9 Å². The van der Waals surface area contributed by atoms with Crippen molar-refractivity contribution in [3.8, 4) is 0 Å². The van der Waals surface area contributed by atoms with Gasteiger partial charge in [0.25, 0.3) is 0 Å². The molecule has 1 heterocycles. The van der Waals surface area contributed by atoms with Crippen LogP contribution < -0.4 is 5.32 Å². The first-order valence-corrected chi connectivity index (χ1v) is 6.08. The zero-order chi connectivity index (χ0) is 13.5. The number of ether oxygens (including phenoxy) is 1. The molecule has 1 aromatic heterocycles. The van der Waals surface area contributed by atoms with E-state index in [1.807, 2.05) is 41.1 Å². The molecule has 0 aliphatic rings. The van der Waals surface area contributed by atoms with Gasteiger partial charge >= 0.3 is 0 Å². The minimum atomic E-state index is -0.128. The van der Waals surface area contributed by atoms with E-state index in [0.29, 0.717) is 6.54 Å². The summed E-state index contributed by atoms with van der Waals surface area (Å²) < 4.78 is 6.78. The average molecular weight is 259 g/mol. The molecule has 0 unspecified atom stereocenters. The van der Waals surface area contributed by atoms with Crippen LogP contribution in [-0.2, 0) is 16.1 Å². The van der Waals surface area contributed by atoms with Gasteiger partial charge in [-0.3, -0.25) is 4.79 Å². The lowest BCUT2D eigenvalue weighted by atomic mass is 10.1. The maximum atomic E-state index is 11.7. The number of imidazole rings is 1. The van der Waals surface area contributed by atoms with Crippen LogP contribution in [0.15, 0.2) is 49.1 Å². The Morgan fingerprint density at radius 2 is 2.21 bits per heavy atom. The Bertz CT molecular complexity index is 497. The van der Waals surface area contributed by atoms with E-state index in [1.165, 1.54) is 7.11 Å². The second-order valence-electron chi connectivity index (χ2n) is 4.22. The van der Waals surface area contributed by atoms with Crippen LogP contribution in [0.5, 0.6) is 0 Å². The second-order valence-corrected chi connectivity index (χ2v) is 4.22. The first-order chi connectivity index (χ1) is 9.29. The predicted molar refractivity (Wildman–Crippen MR) is 71.4 cm³/mol. The number of carbonyl (C=O) groups is 1. The zero-order valence-electron chi connectivity index (χ0n) is 10.8. The number of hydrogen-bond acceptors (Lipinski definition) is 3. The number of aromatic nitrogens is 2. The minimum absolute atomic E-state index is 0.0628. The highest BCUT2D eigenvalue weighted by Gasteiger charge is 2.14. The maximum absolute atomic E-state index is 11.7. The van der Waals surface area contributed by atoms with E-state index in [-0.39, 0.29) is 18.6 Å². The first-order valence-electron chi connectivity index (χ1n) is 6.08. The molecule has 5 nitrogen and oxygen atoms in total. The van der Waals surface area contributed by atoms with Gasteiger partial charge < -0.3 is 14.6 Å². The smallest absolute Gasteiger partial charge is 0.246 e. The summed E-state index contributed by atoms with van der Waals surface area (Å²) in [6.07, 6.45) is 5.33. The second kappa shape index (κ2) is 6.70. The number of nitrogens with one attached hydrogen (secondary N) is 1. The van der Waals surface area contributed by atoms with E-state index in [4.69, 9.17) is 4.74 Å². The van der Waals surface area contributed by atoms with Crippen molar-refractivity contribution in [2.24, 2.45) is 0 Å². The van der Waals surface area contributed by atoms with Crippen molar-refractivity contribution in [1.29, 1.82) is 0 Å². The molecule has 0 radical (unpaired) electrons. The predicted octanol–water partition coefficient (Wildman–Crippen LogP) is 1.39. The maximum Gasteiger partial charge on any atom is 0.246 e. The molecular formula is C14H17N3O2. The Hall–Kier alpha value is -2.14. The Kier molecular flexibility index (Phi) is 4.69. The van der Waals surface area contributed by atoms with Gasteiger partial charge in [-0.15, -0.1) is 0 Å². The lowest BCUT2D eigenvalue weighted by Gasteiger charge is -2.19. The summed E-state index contributed by atoms with van der Waals surface area (Å²) in [6, 6.07) is 9.76. The lowest BCUT2D eigenvalue weighted by molar-refractivity contribution is -0.125.